The van der Waals surface area contributed by atoms with Gasteiger partial charge in [-0.05, 0) is 54.1 Å². The van der Waals surface area contributed by atoms with Crippen molar-refractivity contribution in [1.82, 2.24) is 4.57 Å². The minimum absolute atomic E-state index is 0.160. The lowest BCUT2D eigenvalue weighted by molar-refractivity contribution is 0.0994. The highest BCUT2D eigenvalue weighted by Crippen LogP contribution is 2.33. The number of anilines is 1. The smallest absolute Gasteiger partial charge is 0.265 e. The van der Waals surface area contributed by atoms with Crippen molar-refractivity contribution in [2.75, 3.05) is 17.6 Å². The highest BCUT2D eigenvalue weighted by atomic mass is 79.9. The van der Waals surface area contributed by atoms with Gasteiger partial charge in [-0.25, -0.2) is 17.2 Å². The Kier molecular flexibility index (Phi) is 5.75. The molecule has 10 heteroatoms. The van der Waals surface area contributed by atoms with Crippen LogP contribution in [0.5, 0.6) is 0 Å². The Morgan fingerprint density at radius 3 is 2.39 bits per heavy atom. The molecular formula is C23H18BrF2N3O3S. The van der Waals surface area contributed by atoms with Crippen molar-refractivity contribution in [2.24, 2.45) is 5.73 Å². The number of amides is 1. The van der Waals surface area contributed by atoms with Crippen LogP contribution >= 0.6 is 15.9 Å². The Balaban J connectivity index is 1.99. The van der Waals surface area contributed by atoms with Crippen molar-refractivity contribution < 1.29 is 22.0 Å². The van der Waals surface area contributed by atoms with Crippen LogP contribution in [0.2, 0.25) is 0 Å². The molecule has 0 atom stereocenters. The van der Waals surface area contributed by atoms with Gasteiger partial charge < -0.3 is 10.3 Å². The van der Waals surface area contributed by atoms with E-state index in [9.17, 15) is 22.0 Å². The van der Waals surface area contributed by atoms with E-state index in [1.807, 2.05) is 0 Å². The molecule has 0 aliphatic heterocycles. The van der Waals surface area contributed by atoms with Crippen molar-refractivity contribution in [3.05, 3.63) is 82.5 Å². The first-order valence-electron chi connectivity index (χ1n) is 9.61. The Hall–Kier alpha value is -3.24. The SMILES string of the molecule is CN(c1ccc2cc(C(N)=O)n(-c3cc(Br)cc(-c4ccc(F)cc4F)c3)c2c1)S(C)(=O)=O. The molecule has 1 amide bonds. The zero-order valence-electron chi connectivity index (χ0n) is 17.5. The van der Waals surface area contributed by atoms with Crippen molar-refractivity contribution in [3.8, 4) is 16.8 Å². The highest BCUT2D eigenvalue weighted by Gasteiger charge is 2.19. The molecule has 0 bridgehead atoms. The van der Waals surface area contributed by atoms with E-state index in [-0.39, 0.29) is 11.3 Å². The van der Waals surface area contributed by atoms with E-state index in [1.165, 1.54) is 13.1 Å². The van der Waals surface area contributed by atoms with E-state index in [1.54, 1.807) is 47.0 Å². The Morgan fingerprint density at radius 2 is 1.76 bits per heavy atom. The van der Waals surface area contributed by atoms with Crippen LogP contribution in [0.25, 0.3) is 27.7 Å². The van der Waals surface area contributed by atoms with Crippen LogP contribution in [0, 0.1) is 11.6 Å². The number of benzene rings is 3. The lowest BCUT2D eigenvalue weighted by atomic mass is 10.0. The van der Waals surface area contributed by atoms with Gasteiger partial charge in [-0.2, -0.15) is 0 Å². The molecule has 0 spiro atoms. The number of nitrogens with two attached hydrogens (primary N) is 1. The third-order valence-corrected chi connectivity index (χ3v) is 6.95. The summed E-state index contributed by atoms with van der Waals surface area (Å²) < 4.78 is 55.2. The summed E-state index contributed by atoms with van der Waals surface area (Å²) in [5.41, 5.74) is 7.80. The van der Waals surface area contributed by atoms with Gasteiger partial charge in [0.25, 0.3) is 5.91 Å². The van der Waals surface area contributed by atoms with Gasteiger partial charge >= 0.3 is 0 Å². The zero-order chi connectivity index (χ0) is 24.1. The molecule has 4 aromatic rings. The molecule has 2 N–H and O–H groups in total. The van der Waals surface area contributed by atoms with Crippen LogP contribution in [0.3, 0.4) is 0 Å². The molecule has 0 aliphatic rings. The maximum Gasteiger partial charge on any atom is 0.265 e. The van der Waals surface area contributed by atoms with Gasteiger partial charge in [0, 0.05) is 34.2 Å². The molecule has 4 rings (SSSR count). The average molecular weight is 534 g/mol. The summed E-state index contributed by atoms with van der Waals surface area (Å²) in [7, 11) is -2.09. The number of carbonyl (C=O) groups excluding carboxylic acids is 1. The second-order valence-corrected chi connectivity index (χ2v) is 10.5. The van der Waals surface area contributed by atoms with Crippen LogP contribution in [0.4, 0.5) is 14.5 Å². The number of fused-ring (bicyclic) bond motifs is 1. The summed E-state index contributed by atoms with van der Waals surface area (Å²) in [5, 5.41) is 0.656. The first kappa shape index (κ1) is 22.9. The maximum atomic E-state index is 14.5. The fraction of sp³-hybridized carbons (Fsp3) is 0.0870. The molecule has 3 aromatic carbocycles. The molecule has 33 heavy (non-hydrogen) atoms. The molecule has 1 aromatic heterocycles. The number of aromatic nitrogens is 1. The third-order valence-electron chi connectivity index (χ3n) is 5.28. The predicted molar refractivity (Wildman–Crippen MR) is 128 cm³/mol. The van der Waals surface area contributed by atoms with Gasteiger partial charge in [-0.15, -0.1) is 0 Å². The van der Waals surface area contributed by atoms with Crippen molar-refractivity contribution in [3.63, 3.8) is 0 Å². The second-order valence-electron chi connectivity index (χ2n) is 7.53. The number of halogens is 3. The van der Waals surface area contributed by atoms with E-state index < -0.39 is 27.6 Å². The summed E-state index contributed by atoms with van der Waals surface area (Å²) in [6.07, 6.45) is 1.09. The number of rotatable bonds is 5. The number of hydrogen-bond donors (Lipinski definition) is 1. The van der Waals surface area contributed by atoms with Crippen molar-refractivity contribution >= 4 is 48.5 Å². The van der Waals surface area contributed by atoms with Gasteiger partial charge in [0.1, 0.15) is 17.3 Å². The molecule has 0 saturated heterocycles. The number of carbonyl (C=O) groups is 1. The van der Waals surface area contributed by atoms with Crippen LogP contribution in [-0.4, -0.2) is 32.2 Å². The standard InChI is InChI=1S/C23H18BrF2N3O3S/c1-28(33(2,31)32)17-5-3-13-9-22(23(27)30)29(21(13)12-17)18-8-14(7-15(24)10-18)19-6-4-16(25)11-20(19)26/h3-12H,1-2H3,(H2,27,30). The third kappa shape index (κ3) is 4.36. The van der Waals surface area contributed by atoms with Gasteiger partial charge in [0.15, 0.2) is 0 Å². The summed E-state index contributed by atoms with van der Waals surface area (Å²) in [6.45, 7) is 0. The molecule has 6 nitrogen and oxygen atoms in total. The van der Waals surface area contributed by atoms with Crippen LogP contribution in [-0.2, 0) is 10.0 Å². The summed E-state index contributed by atoms with van der Waals surface area (Å²) >= 11 is 3.41. The fourth-order valence-corrected chi connectivity index (χ4v) is 4.60. The average Bonchev–Trinajstić information content (AvgIpc) is 3.11. The number of primary amides is 1. The van der Waals surface area contributed by atoms with Crippen LogP contribution in [0.15, 0.2) is 65.1 Å². The van der Waals surface area contributed by atoms with Crippen molar-refractivity contribution in [2.45, 2.75) is 0 Å². The maximum absolute atomic E-state index is 14.5. The first-order valence-corrected chi connectivity index (χ1v) is 12.3. The van der Waals surface area contributed by atoms with E-state index in [2.05, 4.69) is 15.9 Å². The molecule has 0 fully saturated rings. The summed E-state index contributed by atoms with van der Waals surface area (Å²) in [6, 6.07) is 14.8. The Bertz CT molecular complexity index is 1530. The summed E-state index contributed by atoms with van der Waals surface area (Å²) in [5.74, 6) is -2.12. The molecule has 0 unspecified atom stereocenters. The number of sulfonamides is 1. The van der Waals surface area contributed by atoms with E-state index in [0.29, 0.717) is 32.3 Å². The van der Waals surface area contributed by atoms with Gasteiger partial charge in [0.2, 0.25) is 10.0 Å². The lowest BCUT2D eigenvalue weighted by Crippen LogP contribution is -2.24. The molecule has 0 aliphatic carbocycles. The quantitative estimate of drug-likeness (QED) is 0.398. The topological polar surface area (TPSA) is 85.4 Å². The summed E-state index contributed by atoms with van der Waals surface area (Å²) in [4.78, 5) is 12.3. The van der Waals surface area contributed by atoms with Crippen LogP contribution in [0.1, 0.15) is 10.5 Å². The number of nitrogens with zero attached hydrogens (tertiary/aromatic N) is 2. The predicted octanol–water partition coefficient (Wildman–Crippen LogP) is 4.83. The minimum atomic E-state index is -3.52. The fourth-order valence-electron chi connectivity index (χ4n) is 3.62. The molecule has 1 heterocycles. The minimum Gasteiger partial charge on any atom is -0.364 e. The molecule has 170 valence electrons. The largest absolute Gasteiger partial charge is 0.364 e. The molecular weight excluding hydrogens is 516 g/mol. The molecule has 0 radical (unpaired) electrons. The lowest BCUT2D eigenvalue weighted by Gasteiger charge is -2.18. The van der Waals surface area contributed by atoms with Crippen molar-refractivity contribution in [1.29, 1.82) is 0 Å². The highest BCUT2D eigenvalue weighted by molar-refractivity contribution is 9.10. The Morgan fingerprint density at radius 1 is 1.03 bits per heavy atom. The van der Waals surface area contributed by atoms with Gasteiger partial charge in [0.05, 0.1) is 17.5 Å². The second kappa shape index (κ2) is 8.27. The monoisotopic (exact) mass is 533 g/mol. The van der Waals surface area contributed by atoms with E-state index in [4.69, 9.17) is 5.73 Å². The first-order chi connectivity index (χ1) is 15.5. The van der Waals surface area contributed by atoms with Gasteiger partial charge in [-0.3, -0.25) is 9.10 Å². The van der Waals surface area contributed by atoms with E-state index in [0.717, 1.165) is 22.7 Å². The Labute approximate surface area is 197 Å². The normalized spacial score (nSPS) is 11.7. The van der Waals surface area contributed by atoms with Crippen LogP contribution < -0.4 is 10.0 Å². The number of hydrogen-bond acceptors (Lipinski definition) is 3. The molecule has 0 saturated carbocycles. The van der Waals surface area contributed by atoms with E-state index >= 15 is 0 Å². The van der Waals surface area contributed by atoms with Gasteiger partial charge in [-0.1, -0.05) is 22.0 Å². The zero-order valence-corrected chi connectivity index (χ0v) is 19.9.